The zero-order valence-corrected chi connectivity index (χ0v) is 12.6. The maximum atomic E-state index is 12.6. The number of hydrogen-bond donors (Lipinski definition) is 1. The Morgan fingerprint density at radius 1 is 1.30 bits per heavy atom. The maximum Gasteiger partial charge on any atom is 0.305 e. The van der Waals surface area contributed by atoms with E-state index in [1.807, 2.05) is 27.7 Å². The zero-order chi connectivity index (χ0) is 15.4. The molecule has 0 aromatic carbocycles. The van der Waals surface area contributed by atoms with E-state index < -0.39 is 5.97 Å². The lowest BCUT2D eigenvalue weighted by molar-refractivity contribution is -0.137. The average Bonchev–Trinajstić information content (AvgIpc) is 2.70. The van der Waals surface area contributed by atoms with Crippen molar-refractivity contribution in [2.75, 3.05) is 6.54 Å². The molecule has 20 heavy (non-hydrogen) atoms. The van der Waals surface area contributed by atoms with E-state index in [0.29, 0.717) is 17.0 Å². The number of rotatable bonds is 6. The van der Waals surface area contributed by atoms with Crippen molar-refractivity contribution in [1.82, 2.24) is 10.1 Å². The predicted octanol–water partition coefficient (Wildman–Crippen LogP) is 2.43. The topological polar surface area (TPSA) is 83.6 Å². The van der Waals surface area contributed by atoms with Crippen molar-refractivity contribution in [3.63, 3.8) is 0 Å². The van der Waals surface area contributed by atoms with Gasteiger partial charge in [0.25, 0.3) is 5.91 Å². The number of aromatic nitrogens is 1. The van der Waals surface area contributed by atoms with Gasteiger partial charge in [-0.25, -0.2) is 0 Å². The molecular weight excluding hydrogens is 260 g/mol. The molecule has 1 rings (SSSR count). The van der Waals surface area contributed by atoms with Crippen LogP contribution in [0.2, 0.25) is 0 Å². The summed E-state index contributed by atoms with van der Waals surface area (Å²) in [4.78, 5) is 24.9. The van der Waals surface area contributed by atoms with Gasteiger partial charge in [-0.15, -0.1) is 0 Å². The Labute approximate surface area is 118 Å². The van der Waals surface area contributed by atoms with Crippen LogP contribution in [0, 0.1) is 6.92 Å². The van der Waals surface area contributed by atoms with Crippen LogP contribution in [0.1, 0.15) is 61.8 Å². The van der Waals surface area contributed by atoms with Gasteiger partial charge in [0.2, 0.25) is 0 Å². The van der Waals surface area contributed by atoms with Gasteiger partial charge in [0.05, 0.1) is 12.1 Å². The molecule has 112 valence electrons. The molecular formula is C14H22N2O4. The Morgan fingerprint density at radius 2 is 1.90 bits per heavy atom. The lowest BCUT2D eigenvalue weighted by Crippen LogP contribution is -2.39. The molecule has 0 radical (unpaired) electrons. The van der Waals surface area contributed by atoms with Crippen molar-refractivity contribution >= 4 is 11.9 Å². The lowest BCUT2D eigenvalue weighted by atomic mass is 10.0. The molecule has 0 fully saturated rings. The third-order valence-electron chi connectivity index (χ3n) is 3.08. The van der Waals surface area contributed by atoms with Gasteiger partial charge in [-0.1, -0.05) is 19.0 Å². The second kappa shape index (κ2) is 6.54. The molecule has 0 bridgehead atoms. The van der Waals surface area contributed by atoms with Crippen LogP contribution < -0.4 is 0 Å². The molecule has 0 aliphatic rings. The summed E-state index contributed by atoms with van der Waals surface area (Å²) in [7, 11) is 0. The average molecular weight is 282 g/mol. The van der Waals surface area contributed by atoms with Crippen LogP contribution in [0.3, 0.4) is 0 Å². The summed E-state index contributed by atoms with van der Waals surface area (Å²) < 4.78 is 5.22. The highest BCUT2D eigenvalue weighted by atomic mass is 16.5. The highest BCUT2D eigenvalue weighted by molar-refractivity contribution is 5.96. The van der Waals surface area contributed by atoms with Crippen LogP contribution >= 0.6 is 0 Å². The van der Waals surface area contributed by atoms with E-state index in [1.54, 1.807) is 11.8 Å². The SMILES string of the molecule is Cc1noc(C(C)C)c1C(=O)N(CCC(=O)O)C(C)C. The number of nitrogens with zero attached hydrogens (tertiary/aromatic N) is 2. The highest BCUT2D eigenvalue weighted by Gasteiger charge is 2.28. The van der Waals surface area contributed by atoms with Crippen molar-refractivity contribution in [2.24, 2.45) is 0 Å². The van der Waals surface area contributed by atoms with E-state index in [4.69, 9.17) is 9.63 Å². The van der Waals surface area contributed by atoms with Gasteiger partial charge in [0.1, 0.15) is 5.56 Å². The fourth-order valence-electron chi connectivity index (χ4n) is 2.00. The second-order valence-electron chi connectivity index (χ2n) is 5.40. The summed E-state index contributed by atoms with van der Waals surface area (Å²) in [5, 5.41) is 12.6. The Morgan fingerprint density at radius 3 is 2.35 bits per heavy atom. The highest BCUT2D eigenvalue weighted by Crippen LogP contribution is 2.24. The normalized spacial score (nSPS) is 11.2. The first-order valence-electron chi connectivity index (χ1n) is 6.74. The molecule has 0 saturated heterocycles. The van der Waals surface area contributed by atoms with Crippen molar-refractivity contribution in [3.05, 3.63) is 17.0 Å². The molecule has 1 aromatic rings. The molecule has 1 heterocycles. The minimum atomic E-state index is -0.922. The third kappa shape index (κ3) is 3.59. The fourth-order valence-corrected chi connectivity index (χ4v) is 2.00. The van der Waals surface area contributed by atoms with Gasteiger partial charge in [-0.3, -0.25) is 9.59 Å². The first-order chi connectivity index (χ1) is 9.25. The van der Waals surface area contributed by atoms with Gasteiger partial charge in [-0.05, 0) is 20.8 Å². The number of amides is 1. The van der Waals surface area contributed by atoms with Crippen LogP contribution in [-0.4, -0.2) is 39.6 Å². The number of hydrogen-bond acceptors (Lipinski definition) is 4. The summed E-state index contributed by atoms with van der Waals surface area (Å²) >= 11 is 0. The summed E-state index contributed by atoms with van der Waals surface area (Å²) in [6.45, 7) is 9.46. The van der Waals surface area contributed by atoms with Crippen molar-refractivity contribution < 1.29 is 19.2 Å². The van der Waals surface area contributed by atoms with E-state index in [0.717, 1.165) is 0 Å². The standard InChI is InChI=1S/C14H22N2O4/c1-8(2)13-12(10(5)15-20-13)14(19)16(9(3)4)7-6-11(17)18/h8-9H,6-7H2,1-5H3,(H,17,18). The lowest BCUT2D eigenvalue weighted by Gasteiger charge is -2.26. The number of carbonyl (C=O) groups excluding carboxylic acids is 1. The van der Waals surface area contributed by atoms with Crippen LogP contribution in [0.25, 0.3) is 0 Å². The summed E-state index contributed by atoms with van der Waals surface area (Å²) in [5.74, 6) is -0.546. The first-order valence-corrected chi connectivity index (χ1v) is 6.74. The van der Waals surface area contributed by atoms with Gasteiger partial charge < -0.3 is 14.5 Å². The largest absolute Gasteiger partial charge is 0.481 e. The second-order valence-corrected chi connectivity index (χ2v) is 5.40. The van der Waals surface area contributed by atoms with Gasteiger partial charge in [-0.2, -0.15) is 0 Å². The van der Waals surface area contributed by atoms with Crippen LogP contribution in [0.5, 0.6) is 0 Å². The quantitative estimate of drug-likeness (QED) is 0.866. The van der Waals surface area contributed by atoms with E-state index in [9.17, 15) is 9.59 Å². The van der Waals surface area contributed by atoms with Crippen LogP contribution in [0.4, 0.5) is 0 Å². The molecule has 1 amide bonds. The summed E-state index contributed by atoms with van der Waals surface area (Å²) in [5.41, 5.74) is 0.999. The maximum absolute atomic E-state index is 12.6. The molecule has 6 heteroatoms. The Balaban J connectivity index is 3.06. The van der Waals surface area contributed by atoms with E-state index in [-0.39, 0.29) is 30.8 Å². The monoisotopic (exact) mass is 282 g/mol. The van der Waals surface area contributed by atoms with E-state index in [2.05, 4.69) is 5.16 Å². The zero-order valence-electron chi connectivity index (χ0n) is 12.6. The minimum Gasteiger partial charge on any atom is -0.481 e. The number of aryl methyl sites for hydroxylation is 1. The summed E-state index contributed by atoms with van der Waals surface area (Å²) in [6, 6.07) is -0.0869. The van der Waals surface area contributed by atoms with E-state index >= 15 is 0 Å². The molecule has 0 saturated carbocycles. The molecule has 1 aromatic heterocycles. The molecule has 0 spiro atoms. The van der Waals surface area contributed by atoms with Crippen molar-refractivity contribution in [3.8, 4) is 0 Å². The molecule has 0 aliphatic heterocycles. The summed E-state index contributed by atoms with van der Waals surface area (Å²) in [6.07, 6.45) is -0.0781. The molecule has 0 atom stereocenters. The fraction of sp³-hybridized carbons (Fsp3) is 0.643. The Kier molecular flexibility index (Phi) is 5.30. The smallest absolute Gasteiger partial charge is 0.305 e. The van der Waals surface area contributed by atoms with Crippen LogP contribution in [0.15, 0.2) is 4.52 Å². The number of carbonyl (C=O) groups is 2. The Bertz CT molecular complexity index is 491. The molecule has 6 nitrogen and oxygen atoms in total. The first kappa shape index (κ1) is 16.2. The van der Waals surface area contributed by atoms with E-state index in [1.165, 1.54) is 0 Å². The van der Waals surface area contributed by atoms with Gasteiger partial charge >= 0.3 is 5.97 Å². The van der Waals surface area contributed by atoms with Crippen LogP contribution in [-0.2, 0) is 4.79 Å². The molecule has 1 N–H and O–H groups in total. The van der Waals surface area contributed by atoms with Gasteiger partial charge in [0.15, 0.2) is 5.76 Å². The molecule has 0 unspecified atom stereocenters. The third-order valence-corrected chi connectivity index (χ3v) is 3.08. The number of carboxylic acid groups (broad SMARTS) is 1. The number of aliphatic carboxylic acids is 1. The molecule has 0 aliphatic carbocycles. The van der Waals surface area contributed by atoms with Crippen molar-refractivity contribution in [2.45, 2.75) is 53.0 Å². The number of carboxylic acids is 1. The Hall–Kier alpha value is -1.85. The predicted molar refractivity (Wildman–Crippen MR) is 73.8 cm³/mol. The minimum absolute atomic E-state index is 0.0450. The van der Waals surface area contributed by atoms with Gasteiger partial charge in [0, 0.05) is 18.5 Å². The van der Waals surface area contributed by atoms with Crippen molar-refractivity contribution in [1.29, 1.82) is 0 Å².